The van der Waals surface area contributed by atoms with E-state index in [1.54, 1.807) is 34.6 Å². The van der Waals surface area contributed by atoms with Gasteiger partial charge in [-0.2, -0.15) is 0 Å². The van der Waals surface area contributed by atoms with Gasteiger partial charge in [0.2, 0.25) is 0 Å². The molecule has 0 rings (SSSR count). The van der Waals surface area contributed by atoms with Crippen LogP contribution in [0.15, 0.2) is 0 Å². The third-order valence-corrected chi connectivity index (χ3v) is 15.6. The topological polar surface area (TPSA) is 209 Å². The predicted molar refractivity (Wildman–Crippen MR) is 255 cm³/mol. The molecule has 0 saturated heterocycles. The number of phosphoric acid groups is 1. The van der Waals surface area contributed by atoms with E-state index in [1.165, 1.54) is 60.4 Å². The third-order valence-electron chi connectivity index (χ3n) is 11.8. The molecular weight excluding hydrogens is 894 g/mol. The quantitative estimate of drug-likeness (QED) is 0.0147. The van der Waals surface area contributed by atoms with Crippen molar-refractivity contribution in [3.8, 4) is 0 Å². The van der Waals surface area contributed by atoms with Gasteiger partial charge in [0.05, 0.1) is 68.7 Å². The van der Waals surface area contributed by atoms with Crippen molar-refractivity contribution in [1.82, 2.24) is 0 Å². The van der Waals surface area contributed by atoms with E-state index in [-0.39, 0.29) is 58.7 Å². The highest BCUT2D eigenvalue weighted by Crippen LogP contribution is 2.50. The van der Waals surface area contributed by atoms with Gasteiger partial charge in [0, 0.05) is 27.4 Å². The average molecular weight is 987 g/mol. The monoisotopic (exact) mass is 987 g/mol. The lowest BCUT2D eigenvalue weighted by atomic mass is 9.61. The van der Waals surface area contributed by atoms with Gasteiger partial charge in [0.15, 0.2) is 0 Å². The van der Waals surface area contributed by atoms with Gasteiger partial charge in [0.25, 0.3) is 0 Å². The van der Waals surface area contributed by atoms with Crippen LogP contribution in [0.1, 0.15) is 158 Å². The van der Waals surface area contributed by atoms with Crippen molar-refractivity contribution < 1.29 is 79.5 Å². The number of aliphatic hydroxyl groups excluding tert-OH is 1. The zero-order valence-electron chi connectivity index (χ0n) is 43.6. The van der Waals surface area contributed by atoms with Crippen LogP contribution < -0.4 is 0 Å². The zero-order chi connectivity index (χ0) is 50.7. The van der Waals surface area contributed by atoms with E-state index in [2.05, 4.69) is 6.92 Å². The molecule has 0 bridgehead atoms. The second-order valence-corrected chi connectivity index (χ2v) is 25.0. The number of esters is 4. The van der Waals surface area contributed by atoms with Crippen LogP contribution in [0, 0.1) is 21.7 Å². The number of phosphoric ester groups is 1. The first-order valence-electron chi connectivity index (χ1n) is 24.1. The highest BCUT2D eigenvalue weighted by Gasteiger charge is 2.54. The van der Waals surface area contributed by atoms with Crippen LogP contribution >= 0.6 is 7.82 Å². The smallest absolute Gasteiger partial charge is 0.465 e. The number of carbonyl (C=O) groups is 4. The molecule has 17 nitrogen and oxygen atoms in total. The molecule has 0 aliphatic rings. The molecule has 0 spiro atoms. The molecule has 0 aliphatic heterocycles. The molecule has 0 amide bonds. The van der Waals surface area contributed by atoms with Gasteiger partial charge in [-0.05, 0) is 80.1 Å². The average Bonchev–Trinajstić information content (AvgIpc) is 3.22. The van der Waals surface area contributed by atoms with E-state index < -0.39 is 74.9 Å². The maximum Gasteiger partial charge on any atom is 0.500 e. The lowest BCUT2D eigenvalue weighted by Crippen LogP contribution is -2.47. The van der Waals surface area contributed by atoms with Crippen LogP contribution in [0.3, 0.4) is 0 Å². The van der Waals surface area contributed by atoms with Gasteiger partial charge in [0.1, 0.15) is 26.4 Å². The first-order chi connectivity index (χ1) is 30.6. The summed E-state index contributed by atoms with van der Waals surface area (Å²) in [5.74, 6) is -2.64. The van der Waals surface area contributed by atoms with Gasteiger partial charge >= 0.3 is 40.5 Å². The Balaban J connectivity index is 6.61. The van der Waals surface area contributed by atoms with Crippen molar-refractivity contribution in [2.75, 3.05) is 88.7 Å². The first kappa shape index (κ1) is 64.0. The molecule has 0 aliphatic carbocycles. The minimum atomic E-state index is -4.42. The van der Waals surface area contributed by atoms with E-state index in [0.717, 1.165) is 25.7 Å². The summed E-state index contributed by atoms with van der Waals surface area (Å²) in [6.45, 7) is 13.3. The van der Waals surface area contributed by atoms with E-state index in [1.807, 2.05) is 28.1 Å². The summed E-state index contributed by atoms with van der Waals surface area (Å²) in [5, 5.41) is 10.1. The number of likely N-dealkylation sites (N-methyl/N-ethyl adjacent to an activating group) is 1. The molecule has 0 fully saturated rings. The van der Waals surface area contributed by atoms with E-state index in [4.69, 9.17) is 41.3 Å². The minimum Gasteiger partial charge on any atom is -0.465 e. The summed E-state index contributed by atoms with van der Waals surface area (Å²) in [6.07, 6.45) is 10.7. The molecular formula is C47H93NO16PSi+. The number of hydrogen-bond donors (Lipinski definition) is 2. The minimum absolute atomic E-state index is 0.0240. The lowest BCUT2D eigenvalue weighted by Gasteiger charge is -2.43. The highest BCUT2D eigenvalue weighted by atomic mass is 31.2. The fourth-order valence-electron chi connectivity index (χ4n) is 8.43. The van der Waals surface area contributed by atoms with Gasteiger partial charge in [-0.3, -0.25) is 28.2 Å². The Labute approximate surface area is 399 Å². The second-order valence-electron chi connectivity index (χ2n) is 20.4. The van der Waals surface area contributed by atoms with E-state index in [9.17, 15) is 33.7 Å². The summed E-state index contributed by atoms with van der Waals surface area (Å²) in [5.41, 5.74) is -5.67. The maximum absolute atomic E-state index is 14.6. The van der Waals surface area contributed by atoms with Crippen molar-refractivity contribution in [2.24, 2.45) is 21.7 Å². The van der Waals surface area contributed by atoms with Crippen molar-refractivity contribution in [3.63, 3.8) is 0 Å². The van der Waals surface area contributed by atoms with Crippen molar-refractivity contribution in [2.45, 2.75) is 170 Å². The van der Waals surface area contributed by atoms with E-state index >= 15 is 0 Å². The molecule has 0 aromatic rings. The molecule has 390 valence electrons. The van der Waals surface area contributed by atoms with Crippen LogP contribution in [0.25, 0.3) is 0 Å². The molecule has 0 saturated carbocycles. The first-order valence-corrected chi connectivity index (χ1v) is 27.5. The molecule has 0 heterocycles. The summed E-state index contributed by atoms with van der Waals surface area (Å²) < 4.78 is 62.6. The Bertz CT molecular complexity index is 1450. The van der Waals surface area contributed by atoms with Gasteiger partial charge in [-0.1, -0.05) is 78.1 Å². The Hall–Kier alpha value is -1.99. The standard InChI is InChI=1S/C47H92NO16PSi/c1-15-17-18-19-20-21-22-23-24-25-29-60-42(52)47(8,37-45(6,27-16-2)41(51)61-32-33-64-65(54,55)63-31-28-48(9,10)11)38-46(7,43(53)62-35-39(3)49)36-44(4,5)40(50)59-30-26-34-66(56-12,57-13)58-14/h39,49H,15-38H2,1-14H3/p+1. The molecule has 2 N–H and O–H groups in total. The van der Waals surface area contributed by atoms with Crippen LogP contribution in [0.2, 0.25) is 6.04 Å². The number of unbranched alkanes of at least 4 members (excludes halogenated alkanes) is 9. The summed E-state index contributed by atoms with van der Waals surface area (Å²) in [4.78, 5) is 66.8. The Kier molecular flexibility index (Phi) is 30.3. The number of ether oxygens (including phenoxy) is 4. The molecule has 0 radical (unpaired) electrons. The predicted octanol–water partition coefficient (Wildman–Crippen LogP) is 8.58. The molecule has 5 atom stereocenters. The fraction of sp³-hybridized carbons (Fsp3) is 0.915. The summed E-state index contributed by atoms with van der Waals surface area (Å²) >= 11 is 0. The number of rotatable bonds is 40. The molecule has 66 heavy (non-hydrogen) atoms. The van der Waals surface area contributed by atoms with Gasteiger partial charge < -0.3 is 46.7 Å². The van der Waals surface area contributed by atoms with E-state index in [0.29, 0.717) is 36.3 Å². The molecule has 0 aromatic carbocycles. The van der Waals surface area contributed by atoms with Gasteiger partial charge in [-0.15, -0.1) is 0 Å². The molecule has 19 heteroatoms. The summed E-state index contributed by atoms with van der Waals surface area (Å²) in [7, 11) is 2.89. The van der Waals surface area contributed by atoms with Crippen LogP contribution in [-0.2, 0) is 65.0 Å². The molecule has 5 unspecified atom stereocenters. The maximum atomic E-state index is 14.6. The van der Waals surface area contributed by atoms with Crippen molar-refractivity contribution in [3.05, 3.63) is 0 Å². The number of aliphatic hydroxyl groups is 1. The summed E-state index contributed by atoms with van der Waals surface area (Å²) in [6, 6.07) is 0.396. The zero-order valence-corrected chi connectivity index (χ0v) is 45.4. The number of carbonyl (C=O) groups excluding carboxylic acids is 4. The number of nitrogens with zero attached hydrogens (tertiary/aromatic N) is 1. The van der Waals surface area contributed by atoms with Crippen LogP contribution in [0.5, 0.6) is 0 Å². The number of quaternary nitrogens is 1. The SMILES string of the molecule is CCCCCCCCCCCCOC(=O)C(C)(CC(C)(CCC)C(=O)OCCOP(=O)(O)OCC[N+](C)(C)C)CC(C)(CC(C)(C)C(=O)OCCC[Si](OC)(OC)OC)C(=O)OCC(C)O. The number of hydrogen-bond acceptors (Lipinski definition) is 15. The Morgan fingerprint density at radius 2 is 1.02 bits per heavy atom. The fourth-order valence-corrected chi connectivity index (χ4v) is 10.8. The lowest BCUT2D eigenvalue weighted by molar-refractivity contribution is -0.870. The van der Waals surface area contributed by atoms with Gasteiger partial charge in [-0.25, -0.2) is 4.57 Å². The molecule has 0 aromatic heterocycles. The second kappa shape index (κ2) is 31.3. The van der Waals surface area contributed by atoms with Crippen LogP contribution in [0.4, 0.5) is 0 Å². The third kappa shape index (κ3) is 25.6. The Morgan fingerprint density at radius 1 is 0.576 bits per heavy atom. The van der Waals surface area contributed by atoms with Crippen molar-refractivity contribution >= 4 is 40.5 Å². The largest absolute Gasteiger partial charge is 0.500 e. The van der Waals surface area contributed by atoms with Crippen LogP contribution in [-0.4, -0.2) is 142 Å². The normalized spacial score (nSPS) is 16.5. The van der Waals surface area contributed by atoms with Crippen molar-refractivity contribution in [1.29, 1.82) is 0 Å². The highest BCUT2D eigenvalue weighted by molar-refractivity contribution is 7.47. The Morgan fingerprint density at radius 3 is 1.53 bits per heavy atom.